The molecule has 0 radical (unpaired) electrons. The standard InChI is InChI=1S/C28H26Cl2O6/c29-20-12-15-25(23(30)16-20)35-21-13-10-18(11-14-21)28-34-17-19(6-2-1-3-9-26(32)33)27(36-28)22-7-4-5-8-24(22)31/h1-2,4-5,7-8,10-16,19,27-28,31H,3,6,9,17H2,(H,32,33)/b2-1+/t19-,27+,28+/m1/s1. The number of rotatable bonds is 9. The molecule has 0 aromatic heterocycles. The lowest BCUT2D eigenvalue weighted by Crippen LogP contribution is -2.30. The topological polar surface area (TPSA) is 85.2 Å². The predicted octanol–water partition coefficient (Wildman–Crippen LogP) is 7.71. The van der Waals surface area contributed by atoms with E-state index in [1.165, 1.54) is 0 Å². The van der Waals surface area contributed by atoms with Crippen molar-refractivity contribution < 1.29 is 29.2 Å². The van der Waals surface area contributed by atoms with Gasteiger partial charge in [0.25, 0.3) is 0 Å². The van der Waals surface area contributed by atoms with Gasteiger partial charge in [-0.25, -0.2) is 0 Å². The van der Waals surface area contributed by atoms with Crippen LogP contribution < -0.4 is 4.74 Å². The van der Waals surface area contributed by atoms with E-state index in [1.807, 2.05) is 36.4 Å². The number of allylic oxidation sites excluding steroid dienone is 2. The van der Waals surface area contributed by atoms with Crippen LogP contribution in [0, 0.1) is 5.92 Å². The highest BCUT2D eigenvalue weighted by molar-refractivity contribution is 6.35. The number of hydrogen-bond acceptors (Lipinski definition) is 5. The van der Waals surface area contributed by atoms with Crippen molar-refractivity contribution in [3.05, 3.63) is 100 Å². The van der Waals surface area contributed by atoms with Crippen LogP contribution in [0.2, 0.25) is 10.0 Å². The summed E-state index contributed by atoms with van der Waals surface area (Å²) < 4.78 is 18.3. The van der Waals surface area contributed by atoms with E-state index in [0.29, 0.717) is 46.6 Å². The van der Waals surface area contributed by atoms with E-state index in [2.05, 4.69) is 0 Å². The fraction of sp³-hybridized carbons (Fsp3) is 0.250. The summed E-state index contributed by atoms with van der Waals surface area (Å²) in [6.07, 6.45) is 3.94. The molecule has 1 saturated heterocycles. The zero-order valence-corrected chi connectivity index (χ0v) is 20.9. The number of para-hydroxylation sites is 1. The van der Waals surface area contributed by atoms with Gasteiger partial charge in [-0.2, -0.15) is 0 Å². The van der Waals surface area contributed by atoms with Crippen molar-refractivity contribution in [2.24, 2.45) is 5.92 Å². The summed E-state index contributed by atoms with van der Waals surface area (Å²) in [6, 6.07) is 19.5. The molecule has 4 rings (SSSR count). The molecule has 1 aliphatic rings. The Morgan fingerprint density at radius 1 is 1.06 bits per heavy atom. The highest BCUT2D eigenvalue weighted by Crippen LogP contribution is 2.43. The minimum absolute atomic E-state index is 0.0507. The second-order valence-corrected chi connectivity index (χ2v) is 9.27. The van der Waals surface area contributed by atoms with Crippen LogP contribution in [-0.4, -0.2) is 22.8 Å². The van der Waals surface area contributed by atoms with E-state index in [0.717, 1.165) is 5.56 Å². The Hall–Kier alpha value is -3.03. The van der Waals surface area contributed by atoms with Crippen molar-refractivity contribution in [3.8, 4) is 17.2 Å². The lowest BCUT2D eigenvalue weighted by atomic mass is 9.91. The molecule has 0 aliphatic carbocycles. The molecule has 3 aromatic carbocycles. The van der Waals surface area contributed by atoms with E-state index in [9.17, 15) is 9.90 Å². The summed E-state index contributed by atoms with van der Waals surface area (Å²) in [6.45, 7) is 0.408. The van der Waals surface area contributed by atoms with Crippen molar-refractivity contribution in [2.45, 2.75) is 31.7 Å². The van der Waals surface area contributed by atoms with Gasteiger partial charge in [0, 0.05) is 28.5 Å². The third-order valence-electron chi connectivity index (χ3n) is 5.81. The average molecular weight is 529 g/mol. The number of carboxylic acid groups (broad SMARTS) is 1. The summed E-state index contributed by atoms with van der Waals surface area (Å²) in [7, 11) is 0. The number of halogens is 2. The van der Waals surface area contributed by atoms with Crippen LogP contribution in [0.5, 0.6) is 17.2 Å². The molecule has 0 saturated carbocycles. The van der Waals surface area contributed by atoms with E-state index in [-0.39, 0.29) is 18.1 Å². The maximum atomic E-state index is 10.7. The molecule has 0 amide bonds. The molecule has 3 atom stereocenters. The van der Waals surface area contributed by atoms with Gasteiger partial charge in [-0.3, -0.25) is 4.79 Å². The average Bonchev–Trinajstić information content (AvgIpc) is 2.86. The van der Waals surface area contributed by atoms with Crippen LogP contribution in [0.25, 0.3) is 0 Å². The van der Waals surface area contributed by atoms with Gasteiger partial charge < -0.3 is 24.4 Å². The largest absolute Gasteiger partial charge is 0.508 e. The zero-order valence-electron chi connectivity index (χ0n) is 19.3. The summed E-state index contributed by atoms with van der Waals surface area (Å²) >= 11 is 12.1. The first-order chi connectivity index (χ1) is 17.4. The molecular formula is C28H26Cl2O6. The Labute approximate surface area is 219 Å². The van der Waals surface area contributed by atoms with Crippen LogP contribution in [0.3, 0.4) is 0 Å². The number of hydrogen-bond donors (Lipinski definition) is 2. The van der Waals surface area contributed by atoms with E-state index < -0.39 is 18.4 Å². The number of phenols is 1. The van der Waals surface area contributed by atoms with Gasteiger partial charge in [-0.15, -0.1) is 0 Å². The molecule has 0 unspecified atom stereocenters. The Bertz CT molecular complexity index is 1210. The van der Waals surface area contributed by atoms with E-state index in [4.69, 9.17) is 42.5 Å². The van der Waals surface area contributed by atoms with Gasteiger partial charge in [0.2, 0.25) is 0 Å². The predicted molar refractivity (Wildman–Crippen MR) is 138 cm³/mol. The van der Waals surface area contributed by atoms with Crippen molar-refractivity contribution in [3.63, 3.8) is 0 Å². The lowest BCUT2D eigenvalue weighted by Gasteiger charge is -2.37. The van der Waals surface area contributed by atoms with Crippen LogP contribution >= 0.6 is 23.2 Å². The van der Waals surface area contributed by atoms with Gasteiger partial charge in [0.1, 0.15) is 17.2 Å². The second kappa shape index (κ2) is 12.3. The summed E-state index contributed by atoms with van der Waals surface area (Å²) in [5.41, 5.74) is 1.49. The van der Waals surface area contributed by atoms with E-state index >= 15 is 0 Å². The second-order valence-electron chi connectivity index (χ2n) is 8.43. The first-order valence-corrected chi connectivity index (χ1v) is 12.3. The van der Waals surface area contributed by atoms with Crippen LogP contribution in [0.4, 0.5) is 0 Å². The van der Waals surface area contributed by atoms with Crippen LogP contribution in [-0.2, 0) is 14.3 Å². The van der Waals surface area contributed by atoms with Crippen molar-refractivity contribution >= 4 is 29.2 Å². The maximum absolute atomic E-state index is 10.7. The number of ether oxygens (including phenoxy) is 3. The molecule has 1 aliphatic heterocycles. The normalized spacial score (nSPS) is 19.9. The summed E-state index contributed by atoms with van der Waals surface area (Å²) in [5, 5.41) is 20.2. The van der Waals surface area contributed by atoms with Gasteiger partial charge in [-0.05, 0) is 49.2 Å². The molecule has 8 heteroatoms. The number of phenolic OH excluding ortho intramolecular Hbond substituents is 1. The highest BCUT2D eigenvalue weighted by atomic mass is 35.5. The van der Waals surface area contributed by atoms with Gasteiger partial charge in [0.15, 0.2) is 6.29 Å². The summed E-state index contributed by atoms with van der Waals surface area (Å²) in [5.74, 6) is 0.377. The smallest absolute Gasteiger partial charge is 0.303 e. The SMILES string of the molecule is O=C(O)CC/C=C/C[C@@H]1CO[C@H](c2ccc(Oc3ccc(Cl)cc3Cl)cc2)O[C@@H]1c1ccccc1O. The van der Waals surface area contributed by atoms with Crippen molar-refractivity contribution in [1.82, 2.24) is 0 Å². The van der Waals surface area contributed by atoms with Gasteiger partial charge in [-0.1, -0.05) is 65.7 Å². The zero-order chi connectivity index (χ0) is 25.5. The lowest BCUT2D eigenvalue weighted by molar-refractivity contribution is -0.244. The number of aromatic hydroxyl groups is 1. The molecule has 2 N–H and O–H groups in total. The fourth-order valence-corrected chi connectivity index (χ4v) is 4.42. The Kier molecular flexibility index (Phi) is 8.88. The molecule has 3 aromatic rings. The number of carbonyl (C=O) groups is 1. The Morgan fingerprint density at radius 2 is 1.83 bits per heavy atom. The van der Waals surface area contributed by atoms with Crippen LogP contribution in [0.15, 0.2) is 78.9 Å². The monoisotopic (exact) mass is 528 g/mol. The fourth-order valence-electron chi connectivity index (χ4n) is 3.98. The first kappa shape index (κ1) is 26.0. The quantitative estimate of drug-likeness (QED) is 0.276. The Morgan fingerprint density at radius 3 is 2.56 bits per heavy atom. The molecular weight excluding hydrogens is 503 g/mol. The number of carboxylic acids is 1. The highest BCUT2D eigenvalue weighted by Gasteiger charge is 2.34. The molecule has 6 nitrogen and oxygen atoms in total. The van der Waals surface area contributed by atoms with Crippen LogP contribution in [0.1, 0.15) is 42.8 Å². The number of benzene rings is 3. The molecule has 0 spiro atoms. The van der Waals surface area contributed by atoms with Gasteiger partial charge >= 0.3 is 5.97 Å². The van der Waals surface area contributed by atoms with Gasteiger partial charge in [0.05, 0.1) is 17.7 Å². The number of aliphatic carboxylic acids is 1. The third-order valence-corrected chi connectivity index (χ3v) is 6.34. The molecule has 0 bridgehead atoms. The molecule has 36 heavy (non-hydrogen) atoms. The third kappa shape index (κ3) is 6.80. The minimum atomic E-state index is -0.827. The maximum Gasteiger partial charge on any atom is 0.303 e. The molecule has 1 fully saturated rings. The summed E-state index contributed by atoms with van der Waals surface area (Å²) in [4.78, 5) is 10.7. The van der Waals surface area contributed by atoms with E-state index in [1.54, 1.807) is 42.5 Å². The first-order valence-electron chi connectivity index (χ1n) is 11.6. The Balaban J connectivity index is 1.46. The van der Waals surface area contributed by atoms with Crippen molar-refractivity contribution in [2.75, 3.05) is 6.61 Å². The molecule has 1 heterocycles. The molecule has 188 valence electrons. The minimum Gasteiger partial charge on any atom is -0.508 e. The van der Waals surface area contributed by atoms with Crippen molar-refractivity contribution in [1.29, 1.82) is 0 Å².